The fraction of sp³-hybridized carbons (Fsp3) is 0.872. The van der Waals surface area contributed by atoms with Crippen LogP contribution in [-0.4, -0.2) is 75.5 Å². The Morgan fingerprint density at radius 2 is 1.09 bits per heavy atom. The minimum atomic E-state index is -1.13. The third-order valence-electron chi connectivity index (χ3n) is 8.65. The van der Waals surface area contributed by atoms with Crippen molar-refractivity contribution in [2.45, 2.75) is 180 Å². The largest absolute Gasteiger partial charge is 0.544 e. The van der Waals surface area contributed by atoms with Crippen LogP contribution >= 0.6 is 0 Å². The first-order valence-electron chi connectivity index (χ1n) is 19.2. The van der Waals surface area contributed by atoms with Gasteiger partial charge in [-0.25, -0.2) is 0 Å². The zero-order valence-corrected chi connectivity index (χ0v) is 31.2. The van der Waals surface area contributed by atoms with Crippen LogP contribution in [0.3, 0.4) is 0 Å². The fourth-order valence-electron chi connectivity index (χ4n) is 5.60. The molecule has 0 heterocycles. The molecule has 276 valence electrons. The van der Waals surface area contributed by atoms with E-state index in [1.54, 1.807) is 21.1 Å². The van der Waals surface area contributed by atoms with Crippen LogP contribution in [0.4, 0.5) is 0 Å². The molecule has 0 aliphatic rings. The summed E-state index contributed by atoms with van der Waals surface area (Å²) < 4.78 is 17.0. The number of likely N-dealkylation sites (N-methyl/N-ethyl adjacent to an activating group) is 1. The second-order valence-electron chi connectivity index (χ2n) is 14.2. The van der Waals surface area contributed by atoms with Crippen LogP contribution in [0.1, 0.15) is 168 Å². The lowest BCUT2D eigenvalue weighted by Gasteiger charge is -2.34. The number of carboxylic acid groups (broad SMARTS) is 1. The van der Waals surface area contributed by atoms with Crippen LogP contribution in [-0.2, 0) is 28.6 Å². The van der Waals surface area contributed by atoms with Crippen molar-refractivity contribution in [3.05, 3.63) is 12.2 Å². The zero-order valence-electron chi connectivity index (χ0n) is 31.2. The molecule has 0 amide bonds. The van der Waals surface area contributed by atoms with E-state index in [2.05, 4.69) is 26.0 Å². The number of allylic oxidation sites excluding steroid dienone is 2. The molecule has 0 fully saturated rings. The van der Waals surface area contributed by atoms with E-state index < -0.39 is 18.1 Å². The van der Waals surface area contributed by atoms with E-state index in [0.29, 0.717) is 19.3 Å². The number of esters is 2. The Hall–Kier alpha value is -1.93. The molecule has 0 aromatic heterocycles. The molecule has 0 saturated heterocycles. The van der Waals surface area contributed by atoms with Gasteiger partial charge in [0.15, 0.2) is 6.10 Å². The number of carbonyl (C=O) groups is 3. The Morgan fingerprint density at radius 3 is 1.60 bits per heavy atom. The predicted molar refractivity (Wildman–Crippen MR) is 190 cm³/mol. The summed E-state index contributed by atoms with van der Waals surface area (Å²) in [6, 6.07) is -0.723. The average Bonchev–Trinajstić information content (AvgIpc) is 3.01. The summed E-state index contributed by atoms with van der Waals surface area (Å²) in [7, 11) is 5.39. The van der Waals surface area contributed by atoms with E-state index >= 15 is 0 Å². The van der Waals surface area contributed by atoms with Crippen molar-refractivity contribution in [3.8, 4) is 0 Å². The predicted octanol–water partition coefficient (Wildman–Crippen LogP) is 8.24. The van der Waals surface area contributed by atoms with Gasteiger partial charge in [0.1, 0.15) is 12.6 Å². The maximum absolute atomic E-state index is 12.6. The lowest BCUT2D eigenvalue weighted by Crippen LogP contribution is -2.55. The van der Waals surface area contributed by atoms with Crippen molar-refractivity contribution >= 4 is 17.9 Å². The highest BCUT2D eigenvalue weighted by Gasteiger charge is 2.25. The molecule has 0 saturated carbocycles. The van der Waals surface area contributed by atoms with Crippen molar-refractivity contribution < 1.29 is 38.2 Å². The number of unbranched alkanes of at least 4 members (excludes halogenated alkanes) is 18. The summed E-state index contributed by atoms with van der Waals surface area (Å²) >= 11 is 0. The molecule has 2 atom stereocenters. The van der Waals surface area contributed by atoms with E-state index in [4.69, 9.17) is 14.2 Å². The van der Waals surface area contributed by atoms with Crippen LogP contribution < -0.4 is 5.11 Å². The van der Waals surface area contributed by atoms with Gasteiger partial charge < -0.3 is 28.6 Å². The molecular weight excluding hydrogens is 594 g/mol. The van der Waals surface area contributed by atoms with Crippen LogP contribution in [0, 0.1) is 0 Å². The molecule has 0 spiro atoms. The quantitative estimate of drug-likeness (QED) is 0.0295. The monoisotopic (exact) mass is 668 g/mol. The maximum atomic E-state index is 12.6. The molecule has 8 nitrogen and oxygen atoms in total. The second-order valence-corrected chi connectivity index (χ2v) is 14.2. The highest BCUT2D eigenvalue weighted by atomic mass is 16.6. The van der Waals surface area contributed by atoms with Crippen LogP contribution in [0.5, 0.6) is 0 Å². The lowest BCUT2D eigenvalue weighted by molar-refractivity contribution is -0.889. The highest BCUT2D eigenvalue weighted by molar-refractivity contribution is 5.70. The fourth-order valence-corrected chi connectivity index (χ4v) is 5.60. The molecule has 47 heavy (non-hydrogen) atoms. The molecule has 0 bridgehead atoms. The standard InChI is InChI=1S/C39H73NO7/c1-6-8-10-12-14-16-17-18-19-20-22-24-26-28-30-38(42)47-35(33-45-32-31-36(39(43)44)40(3,4)5)34-46-37(41)29-27-25-23-21-15-13-11-9-7-2/h21,23,35-36H,6-20,22,24-34H2,1-5H3/b23-21+. The summed E-state index contributed by atoms with van der Waals surface area (Å²) in [6.45, 7) is 4.59. The molecule has 0 aliphatic heterocycles. The van der Waals surface area contributed by atoms with Gasteiger partial charge in [0.25, 0.3) is 0 Å². The smallest absolute Gasteiger partial charge is 0.306 e. The first-order valence-corrected chi connectivity index (χ1v) is 19.2. The third-order valence-corrected chi connectivity index (χ3v) is 8.65. The van der Waals surface area contributed by atoms with Gasteiger partial charge >= 0.3 is 11.9 Å². The Balaban J connectivity index is 4.41. The molecule has 2 unspecified atom stereocenters. The summed E-state index contributed by atoms with van der Waals surface area (Å²) in [4.78, 5) is 36.5. The van der Waals surface area contributed by atoms with E-state index in [0.717, 1.165) is 32.1 Å². The maximum Gasteiger partial charge on any atom is 0.306 e. The Kier molecular flexibility index (Phi) is 30.1. The third kappa shape index (κ3) is 29.9. The number of hydrogen-bond donors (Lipinski definition) is 0. The van der Waals surface area contributed by atoms with Crippen molar-refractivity contribution in [1.29, 1.82) is 0 Å². The summed E-state index contributed by atoms with van der Waals surface area (Å²) in [5.74, 6) is -1.77. The summed E-state index contributed by atoms with van der Waals surface area (Å²) in [5, 5.41) is 11.6. The van der Waals surface area contributed by atoms with E-state index in [9.17, 15) is 19.5 Å². The van der Waals surface area contributed by atoms with Gasteiger partial charge in [-0.15, -0.1) is 0 Å². The SMILES string of the molecule is CCCCCC/C=C/CCCC(=O)OCC(COCCC(C(=O)[O-])[N+](C)(C)C)OC(=O)CCCCCCCCCCCCCCCC. The van der Waals surface area contributed by atoms with E-state index in [-0.39, 0.29) is 42.7 Å². The minimum Gasteiger partial charge on any atom is -0.544 e. The van der Waals surface area contributed by atoms with Gasteiger partial charge in [0, 0.05) is 19.3 Å². The molecule has 0 aromatic rings. The summed E-state index contributed by atoms with van der Waals surface area (Å²) in [5.41, 5.74) is 0. The van der Waals surface area contributed by atoms with Crippen molar-refractivity contribution in [1.82, 2.24) is 0 Å². The Morgan fingerprint density at radius 1 is 0.617 bits per heavy atom. The number of ether oxygens (including phenoxy) is 3. The van der Waals surface area contributed by atoms with Crippen LogP contribution in [0.2, 0.25) is 0 Å². The topological polar surface area (TPSA) is 102 Å². The average molecular weight is 668 g/mol. The molecule has 0 radical (unpaired) electrons. The number of carboxylic acids is 1. The molecule has 0 aromatic carbocycles. The zero-order chi connectivity index (χ0) is 35.0. The van der Waals surface area contributed by atoms with Crippen LogP contribution in [0.25, 0.3) is 0 Å². The first kappa shape index (κ1) is 45.1. The molecule has 0 aliphatic carbocycles. The number of carbonyl (C=O) groups excluding carboxylic acids is 3. The van der Waals surface area contributed by atoms with Crippen molar-refractivity contribution in [2.75, 3.05) is 41.0 Å². The van der Waals surface area contributed by atoms with Crippen LogP contribution in [0.15, 0.2) is 12.2 Å². The minimum absolute atomic E-state index is 0.0371. The number of rotatable bonds is 34. The molecule has 8 heteroatoms. The highest BCUT2D eigenvalue weighted by Crippen LogP contribution is 2.14. The first-order chi connectivity index (χ1) is 22.6. The Bertz CT molecular complexity index is 793. The number of hydrogen-bond acceptors (Lipinski definition) is 7. The number of quaternary nitrogens is 1. The van der Waals surface area contributed by atoms with E-state index in [1.807, 2.05) is 0 Å². The van der Waals surface area contributed by atoms with Crippen molar-refractivity contribution in [2.24, 2.45) is 0 Å². The molecule has 0 N–H and O–H groups in total. The Labute approximate surface area is 289 Å². The van der Waals surface area contributed by atoms with Gasteiger partial charge in [-0.1, -0.05) is 129 Å². The number of nitrogens with zero attached hydrogens (tertiary/aromatic N) is 1. The normalized spacial score (nSPS) is 13.1. The van der Waals surface area contributed by atoms with Gasteiger partial charge in [-0.05, 0) is 32.1 Å². The molecule has 0 rings (SSSR count). The van der Waals surface area contributed by atoms with Gasteiger partial charge in [-0.3, -0.25) is 9.59 Å². The number of aliphatic carboxylic acids is 1. The second kappa shape index (κ2) is 31.3. The molecular formula is C39H73NO7. The van der Waals surface area contributed by atoms with E-state index in [1.165, 1.54) is 96.3 Å². The van der Waals surface area contributed by atoms with Crippen molar-refractivity contribution in [3.63, 3.8) is 0 Å². The van der Waals surface area contributed by atoms with Gasteiger partial charge in [0.2, 0.25) is 0 Å². The lowest BCUT2D eigenvalue weighted by atomic mass is 10.0. The van der Waals surface area contributed by atoms with Gasteiger partial charge in [-0.2, -0.15) is 0 Å². The summed E-state index contributed by atoms with van der Waals surface area (Å²) in [6.07, 6.45) is 29.6. The van der Waals surface area contributed by atoms with Gasteiger partial charge in [0.05, 0.1) is 40.3 Å².